The third-order valence-electron chi connectivity index (χ3n) is 2.82. The molecule has 1 N–H and O–H groups in total. The Morgan fingerprint density at radius 1 is 1.35 bits per heavy atom. The Labute approximate surface area is 122 Å². The first-order valence-electron chi connectivity index (χ1n) is 5.44. The van der Waals surface area contributed by atoms with Crippen molar-refractivity contribution in [2.24, 2.45) is 0 Å². The first-order valence-corrected chi connectivity index (χ1v) is 6.52. The molecule has 0 radical (unpaired) electrons. The van der Waals surface area contributed by atoms with Crippen molar-refractivity contribution in [2.45, 2.75) is 6.92 Å². The molecule has 0 aliphatic carbocycles. The molecule has 1 heterocycles. The molecule has 0 bridgehead atoms. The predicted molar refractivity (Wildman–Crippen MR) is 79.9 cm³/mol. The van der Waals surface area contributed by atoms with E-state index in [-0.39, 0.29) is 18.3 Å². The zero-order chi connectivity index (χ0) is 11.5. The summed E-state index contributed by atoms with van der Waals surface area (Å²) in [4.78, 5) is 14.1. The van der Waals surface area contributed by atoms with E-state index in [9.17, 15) is 4.79 Å². The van der Waals surface area contributed by atoms with Gasteiger partial charge in [0, 0.05) is 35.3 Å². The smallest absolute Gasteiger partial charge is 0.253 e. The fourth-order valence-corrected chi connectivity index (χ4v) is 2.29. The summed E-state index contributed by atoms with van der Waals surface area (Å²) in [5, 5.41) is 3.25. The number of rotatable bonds is 1. The fraction of sp³-hybridized carbons (Fsp3) is 0.417. The number of aryl methyl sites for hydroxylation is 1. The number of carbonyl (C=O) groups excluding carboxylic acids is 1. The lowest BCUT2D eigenvalue weighted by molar-refractivity contribution is 0.0735. The maximum absolute atomic E-state index is 12.2. The number of nitrogens with zero attached hydrogens (tertiary/aromatic N) is 1. The molecule has 0 unspecified atom stereocenters. The molecular formula is C12H16ClIN2O. The Bertz CT molecular complexity index is 405. The molecule has 1 aliphatic heterocycles. The predicted octanol–water partition coefficient (Wildman–Crippen LogP) is 2.07. The lowest BCUT2D eigenvalue weighted by atomic mass is 10.1. The highest BCUT2D eigenvalue weighted by Gasteiger charge is 2.17. The minimum absolute atomic E-state index is 0. The van der Waals surface area contributed by atoms with E-state index in [1.54, 1.807) is 0 Å². The Morgan fingerprint density at radius 2 is 2.00 bits per heavy atom. The highest BCUT2D eigenvalue weighted by Crippen LogP contribution is 2.15. The van der Waals surface area contributed by atoms with Gasteiger partial charge < -0.3 is 10.2 Å². The van der Waals surface area contributed by atoms with Crippen LogP contribution in [0, 0.1) is 10.5 Å². The van der Waals surface area contributed by atoms with Gasteiger partial charge in [-0.05, 0) is 47.2 Å². The number of nitrogens with one attached hydrogen (secondary N) is 1. The van der Waals surface area contributed by atoms with Crippen LogP contribution in [0.5, 0.6) is 0 Å². The summed E-state index contributed by atoms with van der Waals surface area (Å²) in [5.41, 5.74) is 2.02. The molecule has 1 saturated heterocycles. The van der Waals surface area contributed by atoms with Gasteiger partial charge >= 0.3 is 0 Å². The van der Waals surface area contributed by atoms with Gasteiger partial charge in [-0.15, -0.1) is 12.4 Å². The number of benzene rings is 1. The Morgan fingerprint density at radius 3 is 2.59 bits per heavy atom. The van der Waals surface area contributed by atoms with Gasteiger partial charge in [-0.2, -0.15) is 0 Å². The van der Waals surface area contributed by atoms with Gasteiger partial charge in [0.05, 0.1) is 0 Å². The minimum Gasteiger partial charge on any atom is -0.336 e. The molecule has 1 aromatic rings. The van der Waals surface area contributed by atoms with Crippen LogP contribution in [0.1, 0.15) is 15.9 Å². The third-order valence-corrected chi connectivity index (χ3v) is 3.99. The van der Waals surface area contributed by atoms with E-state index in [1.807, 2.05) is 23.1 Å². The van der Waals surface area contributed by atoms with E-state index in [0.29, 0.717) is 0 Å². The third kappa shape index (κ3) is 3.56. The van der Waals surface area contributed by atoms with Crippen LogP contribution in [0.3, 0.4) is 0 Å². The minimum atomic E-state index is 0. The van der Waals surface area contributed by atoms with Gasteiger partial charge in [0.25, 0.3) is 5.91 Å². The maximum atomic E-state index is 12.2. The normalized spacial score (nSPS) is 15.3. The molecular weight excluding hydrogens is 351 g/mol. The van der Waals surface area contributed by atoms with Crippen molar-refractivity contribution in [1.29, 1.82) is 0 Å². The van der Waals surface area contributed by atoms with Crippen molar-refractivity contribution in [3.05, 3.63) is 32.9 Å². The molecule has 0 aromatic heterocycles. The van der Waals surface area contributed by atoms with Crippen LogP contribution < -0.4 is 5.32 Å². The van der Waals surface area contributed by atoms with E-state index < -0.39 is 0 Å². The van der Waals surface area contributed by atoms with Crippen LogP contribution in [-0.4, -0.2) is 37.0 Å². The zero-order valence-electron chi connectivity index (χ0n) is 9.70. The van der Waals surface area contributed by atoms with Crippen molar-refractivity contribution in [3.63, 3.8) is 0 Å². The summed E-state index contributed by atoms with van der Waals surface area (Å²) >= 11 is 2.27. The molecule has 3 nitrogen and oxygen atoms in total. The molecule has 1 amide bonds. The molecule has 0 atom stereocenters. The average molecular weight is 367 g/mol. The van der Waals surface area contributed by atoms with Crippen LogP contribution in [-0.2, 0) is 0 Å². The number of hydrogen-bond donors (Lipinski definition) is 1. The van der Waals surface area contributed by atoms with Crippen LogP contribution in [0.25, 0.3) is 0 Å². The Hall–Kier alpha value is -0.330. The van der Waals surface area contributed by atoms with Crippen molar-refractivity contribution in [1.82, 2.24) is 10.2 Å². The SMILES string of the molecule is Cc1ccc(C(=O)N2CCNCC2)cc1I.Cl. The number of amides is 1. The zero-order valence-corrected chi connectivity index (χ0v) is 12.7. The Balaban J connectivity index is 0.00000144. The number of hydrogen-bond acceptors (Lipinski definition) is 2. The summed E-state index contributed by atoms with van der Waals surface area (Å²) in [7, 11) is 0. The van der Waals surface area contributed by atoms with Crippen molar-refractivity contribution in [2.75, 3.05) is 26.2 Å². The molecule has 17 heavy (non-hydrogen) atoms. The molecule has 94 valence electrons. The largest absolute Gasteiger partial charge is 0.336 e. The van der Waals surface area contributed by atoms with Gasteiger partial charge in [-0.25, -0.2) is 0 Å². The first-order chi connectivity index (χ1) is 7.68. The monoisotopic (exact) mass is 366 g/mol. The molecule has 0 spiro atoms. The summed E-state index contributed by atoms with van der Waals surface area (Å²) in [6.45, 7) is 5.47. The first kappa shape index (κ1) is 14.7. The molecule has 1 aromatic carbocycles. The van der Waals surface area contributed by atoms with Gasteiger partial charge in [0.2, 0.25) is 0 Å². The van der Waals surface area contributed by atoms with Crippen LogP contribution >= 0.6 is 35.0 Å². The molecule has 5 heteroatoms. The summed E-state index contributed by atoms with van der Waals surface area (Å²) in [6, 6.07) is 5.90. The maximum Gasteiger partial charge on any atom is 0.253 e. The topological polar surface area (TPSA) is 32.3 Å². The van der Waals surface area contributed by atoms with Gasteiger partial charge in [0.1, 0.15) is 0 Å². The van der Waals surface area contributed by atoms with Gasteiger partial charge in [-0.1, -0.05) is 6.07 Å². The van der Waals surface area contributed by atoms with Crippen LogP contribution in [0.4, 0.5) is 0 Å². The number of halogens is 2. The van der Waals surface area contributed by atoms with E-state index in [2.05, 4.69) is 34.8 Å². The van der Waals surface area contributed by atoms with Gasteiger partial charge in [-0.3, -0.25) is 4.79 Å². The molecule has 1 aliphatic rings. The second-order valence-electron chi connectivity index (χ2n) is 4.01. The lowest BCUT2D eigenvalue weighted by Gasteiger charge is -2.27. The highest BCUT2D eigenvalue weighted by molar-refractivity contribution is 14.1. The molecule has 0 saturated carbocycles. The van der Waals surface area contributed by atoms with E-state index >= 15 is 0 Å². The highest BCUT2D eigenvalue weighted by atomic mass is 127. The standard InChI is InChI=1S/C12H15IN2O.ClH/c1-9-2-3-10(8-11(9)13)12(16)15-6-4-14-5-7-15;/h2-3,8,14H,4-7H2,1H3;1H. The van der Waals surface area contributed by atoms with E-state index in [4.69, 9.17) is 0 Å². The van der Waals surface area contributed by atoms with Crippen molar-refractivity contribution < 1.29 is 4.79 Å². The summed E-state index contributed by atoms with van der Waals surface area (Å²) in [6.07, 6.45) is 0. The van der Waals surface area contributed by atoms with Crippen LogP contribution in [0.15, 0.2) is 18.2 Å². The summed E-state index contributed by atoms with van der Waals surface area (Å²) < 4.78 is 1.15. The number of piperazine rings is 1. The van der Waals surface area contributed by atoms with Crippen LogP contribution in [0.2, 0.25) is 0 Å². The molecule has 1 fully saturated rings. The second-order valence-corrected chi connectivity index (χ2v) is 5.17. The quantitative estimate of drug-likeness (QED) is 0.772. The summed E-state index contributed by atoms with van der Waals surface area (Å²) in [5.74, 6) is 0.152. The van der Waals surface area contributed by atoms with E-state index in [1.165, 1.54) is 5.56 Å². The fourth-order valence-electron chi connectivity index (χ4n) is 1.78. The average Bonchev–Trinajstić information content (AvgIpc) is 2.33. The van der Waals surface area contributed by atoms with Crippen molar-refractivity contribution in [3.8, 4) is 0 Å². The van der Waals surface area contributed by atoms with E-state index in [0.717, 1.165) is 35.3 Å². The van der Waals surface area contributed by atoms with Crippen molar-refractivity contribution >= 4 is 40.9 Å². The Kier molecular flexibility index (Phi) is 5.69. The lowest BCUT2D eigenvalue weighted by Crippen LogP contribution is -2.46. The van der Waals surface area contributed by atoms with Gasteiger partial charge in [0.15, 0.2) is 0 Å². The number of carbonyl (C=O) groups is 1. The second kappa shape index (κ2) is 6.56. The molecule has 2 rings (SSSR count).